The Morgan fingerprint density at radius 1 is 1.45 bits per heavy atom. The molecule has 1 aliphatic heterocycles. The summed E-state index contributed by atoms with van der Waals surface area (Å²) in [6.45, 7) is 2.11. The Kier molecular flexibility index (Phi) is 4.89. The highest BCUT2D eigenvalue weighted by atomic mass is 16.7. The zero-order valence-corrected chi connectivity index (χ0v) is 6.20. The first-order valence-corrected chi connectivity index (χ1v) is 3.12. The van der Waals surface area contributed by atoms with Crippen LogP contribution in [0.15, 0.2) is 0 Å². The molecule has 0 aromatic rings. The van der Waals surface area contributed by atoms with Gasteiger partial charge in [0.25, 0.3) is 5.97 Å². The largest absolute Gasteiger partial charge is 0.508 e. The molecule has 0 atom stereocenters. The van der Waals surface area contributed by atoms with Gasteiger partial charge in [0.1, 0.15) is 0 Å². The van der Waals surface area contributed by atoms with E-state index >= 15 is 0 Å². The van der Waals surface area contributed by atoms with Crippen molar-refractivity contribution in [3.8, 4) is 0 Å². The standard InChI is InChI=1S/C4H6O3.C2H4O2/c5-4-6-2-1-3-7-4;1-2(3)4/h1-3H2;1H3,(H,3,4). The summed E-state index contributed by atoms with van der Waals surface area (Å²) >= 11 is 0. The van der Waals surface area contributed by atoms with Gasteiger partial charge < -0.3 is 14.6 Å². The lowest BCUT2D eigenvalue weighted by Gasteiger charge is -2.09. The first kappa shape index (κ1) is 9.74. The van der Waals surface area contributed by atoms with E-state index < -0.39 is 12.1 Å². The number of rotatable bonds is 0. The van der Waals surface area contributed by atoms with Crippen LogP contribution in [0.3, 0.4) is 0 Å². The molecule has 1 fully saturated rings. The van der Waals surface area contributed by atoms with Crippen LogP contribution in [0.4, 0.5) is 4.79 Å². The van der Waals surface area contributed by atoms with Gasteiger partial charge in [-0.1, -0.05) is 0 Å². The monoisotopic (exact) mass is 162 g/mol. The molecular weight excluding hydrogens is 152 g/mol. The number of carboxylic acids is 1. The quantitative estimate of drug-likeness (QED) is 0.529. The molecule has 11 heavy (non-hydrogen) atoms. The third-order valence-electron chi connectivity index (χ3n) is 0.729. The minimum atomic E-state index is -0.833. The smallest absolute Gasteiger partial charge is 0.481 e. The van der Waals surface area contributed by atoms with Gasteiger partial charge in [-0.2, -0.15) is 0 Å². The zero-order chi connectivity index (χ0) is 8.69. The fraction of sp³-hybridized carbons (Fsp3) is 0.667. The summed E-state index contributed by atoms with van der Waals surface area (Å²) in [4.78, 5) is 19.0. The Balaban J connectivity index is 0.000000218. The molecule has 0 spiro atoms. The van der Waals surface area contributed by atoms with E-state index in [2.05, 4.69) is 9.47 Å². The topological polar surface area (TPSA) is 72.8 Å². The Bertz CT molecular complexity index is 130. The predicted molar refractivity (Wildman–Crippen MR) is 35.2 cm³/mol. The number of ether oxygens (including phenoxy) is 2. The SMILES string of the molecule is CC(=O)O.O=C1OCCCO1. The van der Waals surface area contributed by atoms with Crippen LogP contribution < -0.4 is 0 Å². The molecule has 0 radical (unpaired) electrons. The van der Waals surface area contributed by atoms with E-state index in [4.69, 9.17) is 9.90 Å². The second-order valence-electron chi connectivity index (χ2n) is 1.82. The molecular formula is C6H10O5. The highest BCUT2D eigenvalue weighted by Gasteiger charge is 2.07. The maximum atomic E-state index is 10.0. The summed E-state index contributed by atoms with van der Waals surface area (Å²) in [7, 11) is 0. The molecule has 64 valence electrons. The van der Waals surface area contributed by atoms with Gasteiger partial charge in [0, 0.05) is 13.3 Å². The second-order valence-corrected chi connectivity index (χ2v) is 1.82. The van der Waals surface area contributed by atoms with Gasteiger partial charge in [0.15, 0.2) is 0 Å². The van der Waals surface area contributed by atoms with E-state index in [0.29, 0.717) is 13.2 Å². The molecule has 1 saturated heterocycles. The maximum Gasteiger partial charge on any atom is 0.508 e. The summed E-state index contributed by atoms with van der Waals surface area (Å²) in [5.74, 6) is -0.833. The first-order valence-electron chi connectivity index (χ1n) is 3.12. The van der Waals surface area contributed by atoms with E-state index in [1.165, 1.54) is 0 Å². The van der Waals surface area contributed by atoms with Crippen molar-refractivity contribution in [2.45, 2.75) is 13.3 Å². The fourth-order valence-electron chi connectivity index (χ4n) is 0.412. The number of carbonyl (C=O) groups is 2. The molecule has 1 rings (SSSR count). The van der Waals surface area contributed by atoms with E-state index in [-0.39, 0.29) is 0 Å². The van der Waals surface area contributed by atoms with Crippen LogP contribution in [0.2, 0.25) is 0 Å². The van der Waals surface area contributed by atoms with Gasteiger partial charge in [-0.3, -0.25) is 4.79 Å². The van der Waals surface area contributed by atoms with E-state index in [0.717, 1.165) is 13.3 Å². The van der Waals surface area contributed by atoms with Crippen LogP contribution in [0.1, 0.15) is 13.3 Å². The van der Waals surface area contributed by atoms with E-state index in [1.54, 1.807) is 0 Å². The lowest BCUT2D eigenvalue weighted by Crippen LogP contribution is -2.16. The third kappa shape index (κ3) is 8.74. The minimum absolute atomic E-state index is 0.513. The fourth-order valence-corrected chi connectivity index (χ4v) is 0.412. The molecule has 0 unspecified atom stereocenters. The van der Waals surface area contributed by atoms with Crippen LogP contribution in [-0.2, 0) is 14.3 Å². The summed E-state index contributed by atoms with van der Waals surface area (Å²) in [5.41, 5.74) is 0. The number of cyclic esters (lactones) is 2. The predicted octanol–water partition coefficient (Wildman–Crippen LogP) is 0.634. The van der Waals surface area contributed by atoms with Crippen molar-refractivity contribution in [1.29, 1.82) is 0 Å². The summed E-state index contributed by atoms with van der Waals surface area (Å²) in [5, 5.41) is 7.42. The van der Waals surface area contributed by atoms with Crippen LogP contribution in [-0.4, -0.2) is 30.4 Å². The zero-order valence-electron chi connectivity index (χ0n) is 6.20. The van der Waals surface area contributed by atoms with E-state index in [1.807, 2.05) is 0 Å². The number of carbonyl (C=O) groups excluding carboxylic acids is 1. The molecule has 0 aliphatic carbocycles. The average Bonchev–Trinajstić information content (AvgIpc) is 1.87. The lowest BCUT2D eigenvalue weighted by atomic mass is 10.5. The van der Waals surface area contributed by atoms with Gasteiger partial charge in [-0.15, -0.1) is 0 Å². The normalized spacial score (nSPS) is 15.2. The average molecular weight is 162 g/mol. The summed E-state index contributed by atoms with van der Waals surface area (Å²) < 4.78 is 8.83. The molecule has 0 aromatic heterocycles. The Morgan fingerprint density at radius 3 is 2.00 bits per heavy atom. The Labute approximate surface area is 63.9 Å². The summed E-state index contributed by atoms with van der Waals surface area (Å²) in [6.07, 6.45) is 0.289. The molecule has 1 aliphatic rings. The van der Waals surface area contributed by atoms with Crippen LogP contribution >= 0.6 is 0 Å². The number of carboxylic acid groups (broad SMARTS) is 1. The Morgan fingerprint density at radius 2 is 1.82 bits per heavy atom. The molecule has 1 N–H and O–H groups in total. The minimum Gasteiger partial charge on any atom is -0.481 e. The Hall–Kier alpha value is -1.26. The van der Waals surface area contributed by atoms with Crippen molar-refractivity contribution >= 4 is 12.1 Å². The molecule has 5 nitrogen and oxygen atoms in total. The second kappa shape index (κ2) is 5.52. The highest BCUT2D eigenvalue weighted by molar-refractivity contribution is 5.63. The van der Waals surface area contributed by atoms with Crippen LogP contribution in [0.25, 0.3) is 0 Å². The maximum absolute atomic E-state index is 10.0. The molecule has 1 heterocycles. The van der Waals surface area contributed by atoms with Gasteiger partial charge in [-0.05, 0) is 0 Å². The van der Waals surface area contributed by atoms with Gasteiger partial charge in [0.05, 0.1) is 13.2 Å². The number of hydrogen-bond donors (Lipinski definition) is 1. The van der Waals surface area contributed by atoms with Crippen LogP contribution in [0, 0.1) is 0 Å². The third-order valence-corrected chi connectivity index (χ3v) is 0.729. The molecule has 0 aromatic carbocycles. The van der Waals surface area contributed by atoms with Crippen molar-refractivity contribution in [3.05, 3.63) is 0 Å². The molecule has 0 amide bonds. The van der Waals surface area contributed by atoms with Crippen molar-refractivity contribution in [3.63, 3.8) is 0 Å². The van der Waals surface area contributed by atoms with Gasteiger partial charge in [-0.25, -0.2) is 4.79 Å². The summed E-state index contributed by atoms with van der Waals surface area (Å²) in [6, 6.07) is 0. The van der Waals surface area contributed by atoms with Crippen molar-refractivity contribution < 1.29 is 24.2 Å². The van der Waals surface area contributed by atoms with E-state index in [9.17, 15) is 4.79 Å². The molecule has 0 bridgehead atoms. The highest BCUT2D eigenvalue weighted by Crippen LogP contribution is 1.95. The van der Waals surface area contributed by atoms with Gasteiger partial charge in [0.2, 0.25) is 0 Å². The van der Waals surface area contributed by atoms with Crippen molar-refractivity contribution in [2.24, 2.45) is 0 Å². The molecule has 5 heteroatoms. The first-order chi connectivity index (χ1) is 5.13. The van der Waals surface area contributed by atoms with Gasteiger partial charge >= 0.3 is 6.16 Å². The number of aliphatic carboxylic acids is 1. The van der Waals surface area contributed by atoms with Crippen LogP contribution in [0.5, 0.6) is 0 Å². The molecule has 0 saturated carbocycles. The lowest BCUT2D eigenvalue weighted by molar-refractivity contribution is -0.134. The van der Waals surface area contributed by atoms with Crippen molar-refractivity contribution in [1.82, 2.24) is 0 Å². The number of hydrogen-bond acceptors (Lipinski definition) is 4. The van der Waals surface area contributed by atoms with Crippen molar-refractivity contribution in [2.75, 3.05) is 13.2 Å².